The smallest absolute Gasteiger partial charge is 0.326 e. The van der Waals surface area contributed by atoms with Gasteiger partial charge in [0, 0.05) is 47.7 Å². The summed E-state index contributed by atoms with van der Waals surface area (Å²) in [6.45, 7) is 0.766. The van der Waals surface area contributed by atoms with E-state index >= 15 is 8.78 Å². The molecule has 39 heavy (non-hydrogen) atoms. The second-order valence-corrected chi connectivity index (χ2v) is 11.5. The molecule has 5 rings (SSSR count). The van der Waals surface area contributed by atoms with Crippen molar-refractivity contribution >= 4 is 35.1 Å². The normalized spacial score (nSPS) is 23.2. The Morgan fingerprint density at radius 3 is 2.41 bits per heavy atom. The summed E-state index contributed by atoms with van der Waals surface area (Å²) >= 11 is 12.5. The summed E-state index contributed by atoms with van der Waals surface area (Å²) in [5.41, 5.74) is -0.566. The fourth-order valence-electron chi connectivity index (χ4n) is 5.34. The Bertz CT molecular complexity index is 1250. The lowest BCUT2D eigenvalue weighted by molar-refractivity contribution is -0.141. The summed E-state index contributed by atoms with van der Waals surface area (Å²) in [5, 5.41) is 10.5. The van der Waals surface area contributed by atoms with Crippen molar-refractivity contribution in [3.63, 3.8) is 0 Å². The number of carboxylic acids is 1. The van der Waals surface area contributed by atoms with Gasteiger partial charge in [-0.2, -0.15) is 0 Å². The first kappa shape index (κ1) is 28.1. The molecule has 0 bridgehead atoms. The number of carboxylic acid groups (broad SMARTS) is 1. The number of hydrogen-bond acceptors (Lipinski definition) is 4. The molecule has 2 aromatic rings. The van der Waals surface area contributed by atoms with E-state index in [-0.39, 0.29) is 43.1 Å². The largest absolute Gasteiger partial charge is 0.490 e. The second-order valence-electron chi connectivity index (χ2n) is 10.7. The number of carbonyl (C=O) groups is 2. The number of likely N-dealkylation sites (tertiary alicyclic amines) is 2. The highest BCUT2D eigenvalue weighted by Gasteiger charge is 2.42. The van der Waals surface area contributed by atoms with Crippen molar-refractivity contribution < 1.29 is 32.6 Å². The van der Waals surface area contributed by atoms with E-state index in [1.165, 1.54) is 6.07 Å². The van der Waals surface area contributed by atoms with Crippen molar-refractivity contribution in [2.24, 2.45) is 0 Å². The summed E-state index contributed by atoms with van der Waals surface area (Å²) in [7, 11) is 0. The monoisotopic (exact) mass is 584 g/mol. The number of amides is 1. The van der Waals surface area contributed by atoms with Gasteiger partial charge in [0.2, 0.25) is 0 Å². The topological polar surface area (TPSA) is 70.1 Å². The maximum absolute atomic E-state index is 15.7. The maximum atomic E-state index is 15.7. The summed E-state index contributed by atoms with van der Waals surface area (Å²) < 4.78 is 50.6. The zero-order chi connectivity index (χ0) is 27.9. The number of benzene rings is 2. The van der Waals surface area contributed by atoms with Crippen molar-refractivity contribution in [1.29, 1.82) is 0 Å². The van der Waals surface area contributed by atoms with Crippen molar-refractivity contribution in [3.8, 4) is 5.75 Å². The first-order chi connectivity index (χ1) is 18.5. The highest BCUT2D eigenvalue weighted by atomic mass is 35.5. The van der Waals surface area contributed by atoms with E-state index in [9.17, 15) is 19.1 Å². The zero-order valence-corrected chi connectivity index (χ0v) is 22.7. The standard InChI is InChI=1S/C28H29Cl2F3N2O4/c29-21-2-1-3-22(30)20(21)14-34-8-6-28(33,7-9-34)15-39-25-12-23(32)19(11-18(25)16-4-5-16)26(36)35-13-17(31)10-24(35)27(37)38/h1-3,11-12,16-17,24H,4-10,13-15H2,(H,37,38)/t17-,24+/m1/s1. The van der Waals surface area contributed by atoms with E-state index in [4.69, 9.17) is 27.9 Å². The van der Waals surface area contributed by atoms with E-state index in [1.807, 2.05) is 0 Å². The minimum Gasteiger partial charge on any atom is -0.490 e. The molecule has 1 saturated carbocycles. The van der Waals surface area contributed by atoms with Gasteiger partial charge < -0.3 is 14.7 Å². The fourth-order valence-corrected chi connectivity index (χ4v) is 5.86. The number of hydrogen-bond donors (Lipinski definition) is 1. The van der Waals surface area contributed by atoms with Crippen LogP contribution >= 0.6 is 23.2 Å². The molecule has 3 aliphatic rings. The van der Waals surface area contributed by atoms with Gasteiger partial charge in [-0.25, -0.2) is 18.0 Å². The molecule has 2 heterocycles. The third-order valence-corrected chi connectivity index (χ3v) is 8.53. The molecule has 0 radical (unpaired) electrons. The summed E-state index contributed by atoms with van der Waals surface area (Å²) in [5.74, 6) is -2.91. The van der Waals surface area contributed by atoms with Crippen LogP contribution in [0, 0.1) is 5.82 Å². The average molecular weight is 585 g/mol. The molecule has 0 aromatic heterocycles. The van der Waals surface area contributed by atoms with Crippen LogP contribution in [-0.2, 0) is 11.3 Å². The number of carbonyl (C=O) groups excluding carboxylic acids is 1. The lowest BCUT2D eigenvalue weighted by Gasteiger charge is -2.36. The molecule has 2 aromatic carbocycles. The highest BCUT2D eigenvalue weighted by Crippen LogP contribution is 2.46. The van der Waals surface area contributed by atoms with Crippen molar-refractivity contribution in [2.75, 3.05) is 26.2 Å². The van der Waals surface area contributed by atoms with Gasteiger partial charge in [0.25, 0.3) is 5.91 Å². The molecule has 210 valence electrons. The van der Waals surface area contributed by atoms with E-state index in [0.29, 0.717) is 35.2 Å². The van der Waals surface area contributed by atoms with E-state index < -0.39 is 42.1 Å². The summed E-state index contributed by atoms with van der Waals surface area (Å²) in [6.07, 6.45) is 0.220. The Hall–Kier alpha value is -2.49. The Labute approximate surface area is 234 Å². The van der Waals surface area contributed by atoms with Crippen molar-refractivity contribution in [3.05, 3.63) is 62.9 Å². The van der Waals surface area contributed by atoms with Crippen molar-refractivity contribution in [1.82, 2.24) is 9.80 Å². The van der Waals surface area contributed by atoms with Crippen LogP contribution in [0.25, 0.3) is 0 Å². The number of piperidine rings is 1. The third-order valence-electron chi connectivity index (χ3n) is 7.82. The fraction of sp³-hybridized carbons (Fsp3) is 0.500. The number of rotatable bonds is 8. The van der Waals surface area contributed by atoms with Crippen LogP contribution in [0.3, 0.4) is 0 Å². The maximum Gasteiger partial charge on any atom is 0.326 e. The van der Waals surface area contributed by atoms with Crippen LogP contribution in [0.15, 0.2) is 30.3 Å². The Balaban J connectivity index is 1.25. The van der Waals surface area contributed by atoms with Gasteiger partial charge in [-0.1, -0.05) is 29.3 Å². The van der Waals surface area contributed by atoms with Gasteiger partial charge in [0.1, 0.15) is 36.1 Å². The van der Waals surface area contributed by atoms with Gasteiger partial charge in [0.05, 0.1) is 12.1 Å². The van der Waals surface area contributed by atoms with Crippen LogP contribution in [-0.4, -0.2) is 70.9 Å². The third kappa shape index (κ3) is 6.15. The highest BCUT2D eigenvalue weighted by molar-refractivity contribution is 6.35. The van der Waals surface area contributed by atoms with E-state index in [1.54, 1.807) is 18.2 Å². The molecule has 1 N–H and O–H groups in total. The molecule has 11 heteroatoms. The number of alkyl halides is 2. The zero-order valence-electron chi connectivity index (χ0n) is 21.1. The quantitative estimate of drug-likeness (QED) is 0.410. The number of aliphatic carboxylic acids is 1. The molecule has 2 saturated heterocycles. The Kier molecular flexibility index (Phi) is 8.04. The minimum atomic E-state index is -1.62. The van der Waals surface area contributed by atoms with E-state index in [0.717, 1.165) is 29.4 Å². The van der Waals surface area contributed by atoms with Gasteiger partial charge in [-0.05, 0) is 55.4 Å². The second kappa shape index (κ2) is 11.2. The summed E-state index contributed by atoms with van der Waals surface area (Å²) in [6, 6.07) is 6.38. The number of halogens is 5. The van der Waals surface area contributed by atoms with Gasteiger partial charge >= 0.3 is 5.97 Å². The average Bonchev–Trinajstić information content (AvgIpc) is 3.66. The van der Waals surface area contributed by atoms with E-state index in [2.05, 4.69) is 4.90 Å². The predicted octanol–water partition coefficient (Wildman–Crippen LogP) is 6.03. The Morgan fingerprint density at radius 1 is 1.13 bits per heavy atom. The molecule has 1 aliphatic carbocycles. The van der Waals surface area contributed by atoms with Crippen molar-refractivity contribution in [2.45, 2.75) is 62.4 Å². The van der Waals surface area contributed by atoms with Crippen LogP contribution in [0.4, 0.5) is 13.2 Å². The Morgan fingerprint density at radius 2 is 1.79 bits per heavy atom. The van der Waals surface area contributed by atoms with Gasteiger partial charge in [-0.15, -0.1) is 0 Å². The lowest BCUT2D eigenvalue weighted by Crippen LogP contribution is -2.44. The predicted molar refractivity (Wildman–Crippen MR) is 141 cm³/mol. The molecule has 3 fully saturated rings. The molecule has 0 unspecified atom stereocenters. The van der Waals surface area contributed by atoms with Crippen LogP contribution in [0.2, 0.25) is 10.0 Å². The summed E-state index contributed by atoms with van der Waals surface area (Å²) in [4.78, 5) is 27.5. The number of nitrogens with zero attached hydrogens (tertiary/aromatic N) is 2. The van der Waals surface area contributed by atoms with Gasteiger partial charge in [0.15, 0.2) is 0 Å². The first-order valence-electron chi connectivity index (χ1n) is 13.0. The molecule has 2 aliphatic heterocycles. The van der Waals surface area contributed by atoms with Gasteiger partial charge in [-0.3, -0.25) is 9.69 Å². The molecule has 1 amide bonds. The molecule has 0 spiro atoms. The first-order valence-corrected chi connectivity index (χ1v) is 13.8. The minimum absolute atomic E-state index is 0.0349. The molecular formula is C28H29Cl2F3N2O4. The SMILES string of the molecule is O=C(O)[C@@H]1C[C@@H](F)CN1C(=O)c1cc(C2CC2)c(OCC2(F)CCN(Cc3c(Cl)cccc3Cl)CC2)cc1F. The lowest BCUT2D eigenvalue weighted by atomic mass is 9.93. The number of ether oxygens (including phenoxy) is 1. The molecule has 2 atom stereocenters. The van der Waals surface area contributed by atoms with Crippen LogP contribution in [0.1, 0.15) is 59.5 Å². The molecule has 6 nitrogen and oxygen atoms in total. The van der Waals surface area contributed by atoms with Crippen LogP contribution < -0.4 is 4.74 Å². The van der Waals surface area contributed by atoms with Crippen LogP contribution in [0.5, 0.6) is 5.75 Å². The molecular weight excluding hydrogens is 556 g/mol.